The molecule has 3 rings (SSSR count). The molecule has 78 valence electrons. The summed E-state index contributed by atoms with van der Waals surface area (Å²) in [7, 11) is 0. The van der Waals surface area contributed by atoms with Crippen LogP contribution in [-0.4, -0.2) is 11.5 Å². The monoisotopic (exact) mass is 218 g/mol. The second kappa shape index (κ2) is 3.58. The van der Waals surface area contributed by atoms with E-state index < -0.39 is 0 Å². The van der Waals surface area contributed by atoms with Crippen molar-refractivity contribution in [2.45, 2.75) is 25.8 Å². The third-order valence-electron chi connectivity index (χ3n) is 2.92. The highest BCUT2D eigenvalue weighted by Crippen LogP contribution is 2.31. The molecule has 1 aromatic heterocycles. The largest absolute Gasteiger partial charge is 0.308 e. The van der Waals surface area contributed by atoms with Crippen molar-refractivity contribution in [3.63, 3.8) is 0 Å². The Hall–Kier alpha value is -0.930. The average Bonchev–Trinajstić information content (AvgIpc) is 2.84. The maximum atomic E-state index is 4.69. The Morgan fingerprint density at radius 1 is 1.47 bits per heavy atom. The summed E-state index contributed by atoms with van der Waals surface area (Å²) in [6.45, 7) is 3.27. The molecule has 1 unspecified atom stereocenters. The van der Waals surface area contributed by atoms with Crippen molar-refractivity contribution in [1.82, 2.24) is 10.3 Å². The predicted octanol–water partition coefficient (Wildman–Crippen LogP) is 3.03. The summed E-state index contributed by atoms with van der Waals surface area (Å²) in [5.41, 5.74) is 2.46. The Morgan fingerprint density at radius 2 is 2.40 bits per heavy atom. The minimum atomic E-state index is 0.503. The summed E-state index contributed by atoms with van der Waals surface area (Å²) >= 11 is 1.84. The second-order valence-corrected chi connectivity index (χ2v) is 5.23. The molecule has 1 fully saturated rings. The molecule has 0 radical (unpaired) electrons. The molecule has 3 heteroatoms. The summed E-state index contributed by atoms with van der Waals surface area (Å²) < 4.78 is 1.32. The molecule has 1 atom stereocenters. The Morgan fingerprint density at radius 3 is 3.20 bits per heavy atom. The zero-order valence-electron chi connectivity index (χ0n) is 8.79. The summed E-state index contributed by atoms with van der Waals surface area (Å²) in [5.74, 6) is 0. The number of nitrogens with one attached hydrogen (secondary N) is 1. The van der Waals surface area contributed by atoms with E-state index in [9.17, 15) is 0 Å². The molecule has 1 saturated heterocycles. The standard InChI is InChI=1S/C12H14N2S/c1-8-4-5-9-11(7-8)15-12(14-9)10-3-2-6-13-10/h4-5,7,10,13H,2-3,6H2,1H3. The smallest absolute Gasteiger partial charge is 0.111 e. The van der Waals surface area contributed by atoms with Crippen LogP contribution in [0.15, 0.2) is 18.2 Å². The number of rotatable bonds is 1. The van der Waals surface area contributed by atoms with Crippen LogP contribution in [0.1, 0.15) is 29.5 Å². The van der Waals surface area contributed by atoms with Crippen LogP contribution in [0.4, 0.5) is 0 Å². The van der Waals surface area contributed by atoms with Gasteiger partial charge in [0.2, 0.25) is 0 Å². The summed E-state index contributed by atoms with van der Waals surface area (Å²) in [6, 6.07) is 6.99. The fourth-order valence-electron chi connectivity index (χ4n) is 2.09. The minimum absolute atomic E-state index is 0.503. The lowest BCUT2D eigenvalue weighted by atomic mass is 10.2. The molecule has 0 bridgehead atoms. The SMILES string of the molecule is Cc1ccc2nc(C3CCCN3)sc2c1. The van der Waals surface area contributed by atoms with E-state index in [0.717, 1.165) is 12.1 Å². The molecule has 2 nitrogen and oxygen atoms in total. The molecule has 0 aliphatic carbocycles. The number of benzene rings is 1. The summed E-state index contributed by atoms with van der Waals surface area (Å²) in [5, 5.41) is 4.75. The lowest BCUT2D eigenvalue weighted by Gasteiger charge is -2.03. The van der Waals surface area contributed by atoms with Crippen molar-refractivity contribution in [2.75, 3.05) is 6.54 Å². The Bertz CT molecular complexity index is 483. The van der Waals surface area contributed by atoms with Gasteiger partial charge in [0.15, 0.2) is 0 Å². The number of thiazole rings is 1. The van der Waals surface area contributed by atoms with E-state index in [1.165, 1.54) is 28.1 Å². The van der Waals surface area contributed by atoms with Gasteiger partial charge in [0.05, 0.1) is 16.3 Å². The van der Waals surface area contributed by atoms with Gasteiger partial charge < -0.3 is 5.32 Å². The first-order chi connectivity index (χ1) is 7.33. The van der Waals surface area contributed by atoms with E-state index in [1.807, 2.05) is 11.3 Å². The van der Waals surface area contributed by atoms with E-state index in [1.54, 1.807) is 0 Å². The highest BCUT2D eigenvalue weighted by Gasteiger charge is 2.19. The van der Waals surface area contributed by atoms with Gasteiger partial charge in [-0.25, -0.2) is 4.98 Å². The summed E-state index contributed by atoms with van der Waals surface area (Å²) in [4.78, 5) is 4.69. The van der Waals surface area contributed by atoms with Crippen LogP contribution in [-0.2, 0) is 0 Å². The highest BCUT2D eigenvalue weighted by molar-refractivity contribution is 7.18. The highest BCUT2D eigenvalue weighted by atomic mass is 32.1. The fraction of sp³-hybridized carbons (Fsp3) is 0.417. The first-order valence-electron chi connectivity index (χ1n) is 5.43. The summed E-state index contributed by atoms with van der Waals surface area (Å²) in [6.07, 6.45) is 2.51. The zero-order valence-corrected chi connectivity index (χ0v) is 9.60. The number of hydrogen-bond acceptors (Lipinski definition) is 3. The molecule has 0 saturated carbocycles. The van der Waals surface area contributed by atoms with Gasteiger partial charge in [0, 0.05) is 0 Å². The van der Waals surface area contributed by atoms with Crippen molar-refractivity contribution in [3.05, 3.63) is 28.8 Å². The molecular formula is C12H14N2S. The Labute approximate surface area is 93.3 Å². The van der Waals surface area contributed by atoms with Gasteiger partial charge in [0.1, 0.15) is 5.01 Å². The third-order valence-corrected chi connectivity index (χ3v) is 4.05. The predicted molar refractivity (Wildman–Crippen MR) is 64.3 cm³/mol. The van der Waals surface area contributed by atoms with Crippen LogP contribution >= 0.6 is 11.3 Å². The molecule has 1 aliphatic heterocycles. The van der Waals surface area contributed by atoms with Crippen molar-refractivity contribution in [2.24, 2.45) is 0 Å². The van der Waals surface area contributed by atoms with Crippen LogP contribution < -0.4 is 5.32 Å². The topological polar surface area (TPSA) is 24.9 Å². The van der Waals surface area contributed by atoms with E-state index in [4.69, 9.17) is 4.98 Å². The Kier molecular flexibility index (Phi) is 2.22. The van der Waals surface area contributed by atoms with E-state index in [2.05, 4.69) is 30.4 Å². The molecule has 2 heterocycles. The van der Waals surface area contributed by atoms with Crippen molar-refractivity contribution in [1.29, 1.82) is 0 Å². The average molecular weight is 218 g/mol. The van der Waals surface area contributed by atoms with Gasteiger partial charge in [-0.2, -0.15) is 0 Å². The maximum absolute atomic E-state index is 4.69. The van der Waals surface area contributed by atoms with Gasteiger partial charge in [-0.3, -0.25) is 0 Å². The van der Waals surface area contributed by atoms with Crippen LogP contribution in [0, 0.1) is 6.92 Å². The van der Waals surface area contributed by atoms with Crippen LogP contribution in [0.2, 0.25) is 0 Å². The van der Waals surface area contributed by atoms with Gasteiger partial charge in [-0.15, -0.1) is 11.3 Å². The van der Waals surface area contributed by atoms with Gasteiger partial charge in [0.25, 0.3) is 0 Å². The Balaban J connectivity index is 2.05. The van der Waals surface area contributed by atoms with E-state index in [-0.39, 0.29) is 0 Å². The van der Waals surface area contributed by atoms with Crippen LogP contribution in [0.25, 0.3) is 10.2 Å². The van der Waals surface area contributed by atoms with E-state index >= 15 is 0 Å². The van der Waals surface area contributed by atoms with Crippen molar-refractivity contribution in [3.8, 4) is 0 Å². The van der Waals surface area contributed by atoms with Gasteiger partial charge >= 0.3 is 0 Å². The minimum Gasteiger partial charge on any atom is -0.308 e. The normalized spacial score (nSPS) is 21.3. The maximum Gasteiger partial charge on any atom is 0.111 e. The van der Waals surface area contributed by atoms with Crippen LogP contribution in [0.3, 0.4) is 0 Å². The first kappa shape index (κ1) is 9.31. The van der Waals surface area contributed by atoms with Gasteiger partial charge in [-0.05, 0) is 44.0 Å². The molecule has 15 heavy (non-hydrogen) atoms. The van der Waals surface area contributed by atoms with Crippen molar-refractivity contribution < 1.29 is 0 Å². The second-order valence-electron chi connectivity index (χ2n) is 4.17. The van der Waals surface area contributed by atoms with Crippen molar-refractivity contribution >= 4 is 21.6 Å². The van der Waals surface area contributed by atoms with Gasteiger partial charge in [-0.1, -0.05) is 6.07 Å². The lowest BCUT2D eigenvalue weighted by molar-refractivity contribution is 0.644. The number of nitrogens with zero attached hydrogens (tertiary/aromatic N) is 1. The molecule has 1 aromatic carbocycles. The van der Waals surface area contributed by atoms with Crippen LogP contribution in [0.5, 0.6) is 0 Å². The number of aryl methyl sites for hydroxylation is 1. The molecule has 2 aromatic rings. The number of aromatic nitrogens is 1. The quantitative estimate of drug-likeness (QED) is 0.796. The lowest BCUT2D eigenvalue weighted by Crippen LogP contribution is -2.12. The van der Waals surface area contributed by atoms with E-state index in [0.29, 0.717) is 6.04 Å². The molecular weight excluding hydrogens is 204 g/mol. The molecule has 0 amide bonds. The number of hydrogen-bond donors (Lipinski definition) is 1. The first-order valence-corrected chi connectivity index (χ1v) is 6.25. The fourth-order valence-corrected chi connectivity index (χ4v) is 3.27. The molecule has 0 spiro atoms. The number of fused-ring (bicyclic) bond motifs is 1. The third kappa shape index (κ3) is 1.66. The molecule has 1 N–H and O–H groups in total. The zero-order chi connectivity index (χ0) is 10.3. The molecule has 1 aliphatic rings.